The first kappa shape index (κ1) is 64.7. The smallest absolute Gasteiger partial charge is 0.426 e. The minimum atomic E-state index is -2.11. The van der Waals surface area contributed by atoms with Gasteiger partial charge in [-0.15, -0.1) is 0 Å². The van der Waals surface area contributed by atoms with Gasteiger partial charge in [0.15, 0.2) is 11.3 Å². The molecule has 2 bridgehead atoms. The van der Waals surface area contributed by atoms with Gasteiger partial charge >= 0.3 is 24.2 Å². The maximum atomic E-state index is 15.6. The number of allylic oxidation sites excluding steroid dienone is 2. The number of fused-ring (bicyclic) bond motifs is 10. The molecule has 4 saturated heterocycles. The molecule has 3 aromatic rings. The Kier molecular flexibility index (Phi) is 16.7. The summed E-state index contributed by atoms with van der Waals surface area (Å²) in [6.07, 6.45) is 4.80. The lowest BCUT2D eigenvalue weighted by Crippen LogP contribution is -2.76. The van der Waals surface area contributed by atoms with Gasteiger partial charge in [0.25, 0.3) is 5.91 Å². The van der Waals surface area contributed by atoms with E-state index in [1.54, 1.807) is 25.9 Å². The third-order valence-corrected chi connectivity index (χ3v) is 24.7. The van der Waals surface area contributed by atoms with E-state index >= 15 is 9.59 Å². The van der Waals surface area contributed by atoms with E-state index in [4.69, 9.17) is 34.2 Å². The number of nitrogens with one attached hydrogen (secondary N) is 4. The normalized spacial score (nSPS) is 33.5. The number of Topliss-reactive ketones (excluding diaryl/α,β-unsaturated/α-hetero) is 2. The molecule has 8 N–H and O–H groups in total. The van der Waals surface area contributed by atoms with Gasteiger partial charge in [0.2, 0.25) is 11.6 Å². The standard InChI is InChI=1S/C66H84N10O15S2/c1-9-61-18-14-20-74-22-19-63(54(61)74)40-27-41(64(57(80)87-7)30-37-29-62(84,10-2)35-73(31-37)21-17-39-38-15-12-13-16-43(38)69-52(39)64)46(86-6)28-44(40)72(5)55(63)65(85,34-61)56(79)70-71-59(82)89-23-25-92-93-26-24-90-60(83)76-45-32-75-49-47(51(78)48(68-11-3)36(4)50(49)77)42(33-91-58(67)81)66(75,88-8)53(45)76/h12-16,18,27-28,37,42,45,53-55,68-69,84-85H,9-11,17,19-26,29-35H2,1-8H3,(H2,67,81)(H,70,79)(H,71,82)/t37-,42-,45+,53+,54+,55-,61+,62+,63-,64+,65-,66-,76?/m1/s1. The number of hydrazine groups is 1. The van der Waals surface area contributed by atoms with E-state index in [1.807, 2.05) is 43.1 Å². The SMILES string of the molecule is CCNC1=C(C)C(=O)C2=C(C1=O)[C@@H](COC(N)=O)[C@@]1(OC)[C@@H]3[C@H](CN21)N3C(=O)OCCSSCCOC(=O)NNC(=O)[C@@]1(O)C[C@]2(CC)C=CCN3CC[C@@]4(c5cc([C@@]6(C(=O)OC)C[C@@H]7CN(CCc8c6[nH]c6ccccc86)C[C@](O)(CC)C7)c(OC)cc5N(C)[C@H]41)[C@@H]32. The van der Waals surface area contributed by atoms with Gasteiger partial charge in [-0.2, -0.15) is 0 Å². The number of H-pyrrole nitrogens is 1. The number of piperidine rings is 1. The summed E-state index contributed by atoms with van der Waals surface area (Å²) >= 11 is 0. The summed E-state index contributed by atoms with van der Waals surface area (Å²) < 4.78 is 35.1. The maximum absolute atomic E-state index is 15.6. The third kappa shape index (κ3) is 9.67. The van der Waals surface area contributed by atoms with Gasteiger partial charge in [-0.1, -0.05) is 65.8 Å². The van der Waals surface area contributed by atoms with Crippen LogP contribution in [0.3, 0.4) is 0 Å². The van der Waals surface area contributed by atoms with Gasteiger partial charge < -0.3 is 64.5 Å². The second kappa shape index (κ2) is 24.0. The number of ketones is 2. The first-order valence-electron chi connectivity index (χ1n) is 32.3. The largest absolute Gasteiger partial charge is 0.496 e. The van der Waals surface area contributed by atoms with Gasteiger partial charge in [-0.3, -0.25) is 39.3 Å². The number of ether oxygens (including phenoxy) is 6. The fourth-order valence-electron chi connectivity index (χ4n) is 18.9. The van der Waals surface area contributed by atoms with Crippen molar-refractivity contribution in [2.24, 2.45) is 23.0 Å². The number of carbonyl (C=O) groups is 7. The van der Waals surface area contributed by atoms with Crippen molar-refractivity contribution in [3.63, 3.8) is 0 Å². The number of nitrogens with two attached hydrogens (primary N) is 1. The van der Waals surface area contributed by atoms with E-state index < -0.39 is 93.2 Å². The van der Waals surface area contributed by atoms with Crippen LogP contribution in [0.2, 0.25) is 0 Å². The van der Waals surface area contributed by atoms with Crippen LogP contribution in [0, 0.1) is 17.3 Å². The summed E-state index contributed by atoms with van der Waals surface area (Å²) in [6, 6.07) is 10.1. The van der Waals surface area contributed by atoms with E-state index in [0.29, 0.717) is 101 Å². The highest BCUT2D eigenvalue weighted by atomic mass is 33.1. The van der Waals surface area contributed by atoms with Crippen molar-refractivity contribution in [1.82, 2.24) is 40.8 Å². The molecule has 5 fully saturated rings. The molecule has 2 aromatic carbocycles. The van der Waals surface area contributed by atoms with Crippen LogP contribution >= 0.6 is 21.6 Å². The number of amides is 4. The third-order valence-electron chi connectivity index (χ3n) is 22.4. The number of methoxy groups -OCH3 is 3. The Hall–Kier alpha value is -7.01. The topological polar surface area (TPSA) is 309 Å². The van der Waals surface area contributed by atoms with Gasteiger partial charge in [-0.05, 0) is 94.5 Å². The highest BCUT2D eigenvalue weighted by Gasteiger charge is 2.79. The van der Waals surface area contributed by atoms with Crippen molar-refractivity contribution < 1.29 is 72.2 Å². The molecule has 1 aromatic heterocycles. The van der Waals surface area contributed by atoms with E-state index in [0.717, 1.165) is 33.4 Å². The summed E-state index contributed by atoms with van der Waals surface area (Å²) in [5.74, 6) is -1.99. The number of hydrogen-bond acceptors (Lipinski definition) is 22. The number of aromatic nitrogens is 1. The minimum absolute atomic E-state index is 0.0250. The molecule has 500 valence electrons. The molecule has 25 nitrogen and oxygen atoms in total. The molecule has 8 aliphatic heterocycles. The fraction of sp³-hybridized carbons (Fsp3) is 0.591. The van der Waals surface area contributed by atoms with Crippen LogP contribution in [0.25, 0.3) is 10.9 Å². The number of likely N-dealkylation sites (N-methyl/N-ethyl adjacent to an activating group) is 2. The van der Waals surface area contributed by atoms with Crippen LogP contribution in [-0.4, -0.2) is 223 Å². The Balaban J connectivity index is 0.684. The predicted octanol–water partition coefficient (Wildman–Crippen LogP) is 4.28. The Bertz CT molecular complexity index is 3710. The number of carbonyl (C=O) groups excluding carboxylic acids is 7. The van der Waals surface area contributed by atoms with Gasteiger partial charge in [0.05, 0.1) is 49.2 Å². The highest BCUT2D eigenvalue weighted by molar-refractivity contribution is 8.76. The number of aromatic amines is 1. The van der Waals surface area contributed by atoms with Crippen LogP contribution in [0.5, 0.6) is 5.75 Å². The quantitative estimate of drug-likeness (QED) is 0.0137. The summed E-state index contributed by atoms with van der Waals surface area (Å²) in [6.45, 7) is 10.9. The van der Waals surface area contributed by atoms with Crippen molar-refractivity contribution in [3.05, 3.63) is 93.5 Å². The van der Waals surface area contributed by atoms with Crippen LogP contribution in [0.15, 0.2) is 71.1 Å². The number of piperazine rings is 1. The molecule has 1 spiro atoms. The number of primary amides is 1. The van der Waals surface area contributed by atoms with Crippen molar-refractivity contribution in [3.8, 4) is 5.75 Å². The average Bonchev–Trinajstić information content (AvgIpc) is 1.55. The molecule has 1 unspecified atom stereocenters. The first-order chi connectivity index (χ1) is 44.6. The zero-order valence-electron chi connectivity index (χ0n) is 53.8. The molecule has 13 rings (SSSR count). The summed E-state index contributed by atoms with van der Waals surface area (Å²) in [4.78, 5) is 111. The van der Waals surface area contributed by atoms with Crippen molar-refractivity contribution in [2.75, 3.05) is 110 Å². The number of rotatable bonds is 18. The van der Waals surface area contributed by atoms with Gasteiger partial charge in [0, 0.05) is 127 Å². The number of para-hydroxylation sites is 1. The number of benzene rings is 2. The minimum Gasteiger partial charge on any atom is -0.496 e. The molecular weight excluding hydrogens is 1240 g/mol. The Morgan fingerprint density at radius 2 is 1.66 bits per heavy atom. The molecule has 93 heavy (non-hydrogen) atoms. The lowest BCUT2D eigenvalue weighted by molar-refractivity contribution is -0.161. The monoisotopic (exact) mass is 1320 g/mol. The van der Waals surface area contributed by atoms with Crippen LogP contribution in [-0.2, 0) is 60.1 Å². The number of aliphatic hydroxyl groups is 2. The van der Waals surface area contributed by atoms with Crippen LogP contribution < -0.4 is 31.5 Å². The Morgan fingerprint density at radius 3 is 2.37 bits per heavy atom. The number of anilines is 1. The fourth-order valence-corrected chi connectivity index (χ4v) is 20.5. The van der Waals surface area contributed by atoms with E-state index in [-0.39, 0.29) is 73.1 Å². The molecule has 0 radical (unpaired) electrons. The Labute approximate surface area is 547 Å². The molecule has 27 heteroatoms. The molecule has 13 atom stereocenters. The number of esters is 1. The van der Waals surface area contributed by atoms with Gasteiger partial charge in [-0.25, -0.2) is 19.8 Å². The average molecular weight is 1320 g/mol. The number of hydrogen-bond donors (Lipinski definition) is 7. The predicted molar refractivity (Wildman–Crippen MR) is 345 cm³/mol. The van der Waals surface area contributed by atoms with E-state index in [2.05, 4.69) is 62.2 Å². The summed E-state index contributed by atoms with van der Waals surface area (Å²) in [5.41, 5.74) is 8.33. The van der Waals surface area contributed by atoms with E-state index in [9.17, 15) is 34.2 Å². The van der Waals surface area contributed by atoms with Crippen molar-refractivity contribution in [1.29, 1.82) is 0 Å². The molecule has 4 amide bonds. The van der Waals surface area contributed by atoms with Crippen molar-refractivity contribution in [2.45, 2.75) is 125 Å². The first-order valence-corrected chi connectivity index (χ1v) is 34.8. The molecule has 9 heterocycles. The summed E-state index contributed by atoms with van der Waals surface area (Å²) in [7, 11) is 9.09. The second-order valence-electron chi connectivity index (χ2n) is 26.7. The molecule has 10 aliphatic rings. The Morgan fingerprint density at radius 1 is 0.892 bits per heavy atom. The molecule has 1 saturated carbocycles. The molecule has 2 aliphatic carbocycles. The summed E-state index contributed by atoms with van der Waals surface area (Å²) in [5, 5.41) is 29.7. The lowest BCUT2D eigenvalue weighted by Gasteiger charge is -2.61. The van der Waals surface area contributed by atoms with Crippen molar-refractivity contribution >= 4 is 79.9 Å². The second-order valence-corrected chi connectivity index (χ2v) is 29.4. The zero-order chi connectivity index (χ0) is 65.9. The van der Waals surface area contributed by atoms with Gasteiger partial charge in [0.1, 0.15) is 37.0 Å². The maximum Gasteiger partial charge on any atom is 0.426 e. The zero-order valence-corrected chi connectivity index (χ0v) is 55.5. The van der Waals surface area contributed by atoms with Crippen LogP contribution in [0.4, 0.5) is 20.1 Å². The van der Waals surface area contributed by atoms with Crippen LogP contribution in [0.1, 0.15) is 88.6 Å². The van der Waals surface area contributed by atoms with E-state index in [1.165, 1.54) is 40.7 Å². The highest BCUT2D eigenvalue weighted by Crippen LogP contribution is 2.68. The molecular formula is C66H84N10O15S2. The number of nitrogens with zero attached hydrogens (tertiary/aromatic N) is 5. The lowest BCUT2D eigenvalue weighted by atomic mass is 9.49.